The minimum absolute atomic E-state index is 0.352. The maximum atomic E-state index is 13.0. The summed E-state index contributed by atoms with van der Waals surface area (Å²) in [6, 6.07) is 4.25. The van der Waals surface area contributed by atoms with E-state index in [0.717, 1.165) is 0 Å². The van der Waals surface area contributed by atoms with Gasteiger partial charge in [0.1, 0.15) is 17.2 Å². The molecule has 0 spiro atoms. The van der Waals surface area contributed by atoms with Crippen molar-refractivity contribution in [2.24, 2.45) is 0 Å². The van der Waals surface area contributed by atoms with Crippen LogP contribution in [-0.2, 0) is 4.74 Å². The second kappa shape index (κ2) is 7.47. The Hall–Kier alpha value is -1.30. The summed E-state index contributed by atoms with van der Waals surface area (Å²) in [6.07, 6.45) is 0.145. The number of rotatable bonds is 5. The van der Waals surface area contributed by atoms with Gasteiger partial charge >= 0.3 is 6.09 Å². The van der Waals surface area contributed by atoms with Crippen LogP contribution in [0.4, 0.5) is 9.18 Å². The Morgan fingerprint density at radius 1 is 1.40 bits per heavy atom. The van der Waals surface area contributed by atoms with Crippen LogP contribution in [0.5, 0.6) is 5.75 Å². The number of amides is 1. The summed E-state index contributed by atoms with van der Waals surface area (Å²) in [6.45, 7) is 6.21. The van der Waals surface area contributed by atoms with Crippen LogP contribution >= 0.6 is 15.9 Å². The van der Waals surface area contributed by atoms with E-state index in [2.05, 4.69) is 21.2 Å². The molecule has 0 fully saturated rings. The van der Waals surface area contributed by atoms with Gasteiger partial charge in [-0.1, -0.05) is 0 Å². The van der Waals surface area contributed by atoms with Crippen LogP contribution in [0.15, 0.2) is 22.7 Å². The van der Waals surface area contributed by atoms with Crippen molar-refractivity contribution in [2.75, 3.05) is 13.2 Å². The van der Waals surface area contributed by atoms with E-state index < -0.39 is 11.7 Å². The summed E-state index contributed by atoms with van der Waals surface area (Å²) in [5.74, 6) is 0.0948. The first-order valence-electron chi connectivity index (χ1n) is 6.32. The highest BCUT2D eigenvalue weighted by atomic mass is 79.9. The highest BCUT2D eigenvalue weighted by molar-refractivity contribution is 9.10. The Kier molecular flexibility index (Phi) is 6.26. The smallest absolute Gasteiger partial charge is 0.407 e. The fraction of sp³-hybridized carbons (Fsp3) is 0.500. The number of carbonyl (C=O) groups is 1. The van der Waals surface area contributed by atoms with Crippen LogP contribution in [0.2, 0.25) is 0 Å². The number of hydrogen-bond donors (Lipinski definition) is 1. The number of halogens is 2. The Morgan fingerprint density at radius 3 is 2.75 bits per heavy atom. The minimum atomic E-state index is -0.507. The summed E-state index contributed by atoms with van der Waals surface area (Å²) in [5, 5.41) is 2.62. The molecule has 0 saturated carbocycles. The van der Waals surface area contributed by atoms with E-state index in [-0.39, 0.29) is 5.82 Å². The first-order chi connectivity index (χ1) is 9.28. The lowest BCUT2D eigenvalue weighted by Crippen LogP contribution is -2.33. The van der Waals surface area contributed by atoms with E-state index in [4.69, 9.17) is 9.47 Å². The topological polar surface area (TPSA) is 47.6 Å². The molecular weight excluding hydrogens is 329 g/mol. The lowest BCUT2D eigenvalue weighted by Gasteiger charge is -2.19. The van der Waals surface area contributed by atoms with Crippen molar-refractivity contribution in [1.29, 1.82) is 0 Å². The maximum absolute atomic E-state index is 13.0. The molecule has 112 valence electrons. The van der Waals surface area contributed by atoms with Crippen LogP contribution in [0.3, 0.4) is 0 Å². The standard InChI is InChI=1S/C14H19BrFNO3/c1-14(2,3)20-13(18)17-7-4-8-19-12-9-10(16)5-6-11(12)15/h5-6,9H,4,7-8H2,1-3H3,(H,17,18). The molecule has 20 heavy (non-hydrogen) atoms. The van der Waals surface area contributed by atoms with Gasteiger partial charge in [0.15, 0.2) is 0 Å². The van der Waals surface area contributed by atoms with Crippen molar-refractivity contribution < 1.29 is 18.7 Å². The third-order valence-electron chi connectivity index (χ3n) is 2.14. The van der Waals surface area contributed by atoms with E-state index in [1.165, 1.54) is 12.1 Å². The average molecular weight is 348 g/mol. The van der Waals surface area contributed by atoms with Gasteiger partial charge in [0.25, 0.3) is 0 Å². The van der Waals surface area contributed by atoms with Crippen LogP contribution < -0.4 is 10.1 Å². The average Bonchev–Trinajstić information content (AvgIpc) is 2.30. The molecule has 1 aromatic rings. The molecule has 1 amide bonds. The quantitative estimate of drug-likeness (QED) is 0.822. The van der Waals surface area contributed by atoms with E-state index in [0.29, 0.717) is 29.8 Å². The lowest BCUT2D eigenvalue weighted by atomic mass is 10.2. The molecule has 4 nitrogen and oxygen atoms in total. The van der Waals surface area contributed by atoms with Crippen LogP contribution in [0.25, 0.3) is 0 Å². The number of benzene rings is 1. The number of ether oxygens (including phenoxy) is 2. The third-order valence-corrected chi connectivity index (χ3v) is 2.80. The maximum Gasteiger partial charge on any atom is 0.407 e. The van der Waals surface area contributed by atoms with Gasteiger partial charge in [-0.25, -0.2) is 9.18 Å². The van der Waals surface area contributed by atoms with E-state index in [9.17, 15) is 9.18 Å². The molecule has 1 N–H and O–H groups in total. The largest absolute Gasteiger partial charge is 0.492 e. The van der Waals surface area contributed by atoms with Crippen molar-refractivity contribution in [1.82, 2.24) is 5.32 Å². The molecule has 0 aliphatic carbocycles. The fourth-order valence-electron chi connectivity index (χ4n) is 1.35. The Balaban J connectivity index is 2.22. The van der Waals surface area contributed by atoms with Gasteiger partial charge in [-0.3, -0.25) is 0 Å². The lowest BCUT2D eigenvalue weighted by molar-refractivity contribution is 0.0525. The molecule has 0 aliphatic rings. The molecule has 6 heteroatoms. The highest BCUT2D eigenvalue weighted by Gasteiger charge is 2.15. The first kappa shape index (κ1) is 16.8. The van der Waals surface area contributed by atoms with Gasteiger partial charge < -0.3 is 14.8 Å². The molecule has 0 aromatic heterocycles. The second-order valence-electron chi connectivity index (χ2n) is 5.21. The predicted octanol–water partition coefficient (Wildman–Crippen LogP) is 3.88. The van der Waals surface area contributed by atoms with Gasteiger partial charge in [0, 0.05) is 12.6 Å². The number of nitrogens with one attached hydrogen (secondary N) is 1. The van der Waals surface area contributed by atoms with E-state index >= 15 is 0 Å². The van der Waals surface area contributed by atoms with Crippen LogP contribution in [-0.4, -0.2) is 24.8 Å². The monoisotopic (exact) mass is 347 g/mol. The number of alkyl carbamates (subject to hydrolysis) is 1. The molecule has 0 atom stereocenters. The van der Waals surface area contributed by atoms with Gasteiger partial charge in [-0.15, -0.1) is 0 Å². The molecule has 0 heterocycles. The molecule has 0 radical (unpaired) electrons. The van der Waals surface area contributed by atoms with Crippen LogP contribution in [0.1, 0.15) is 27.2 Å². The van der Waals surface area contributed by atoms with Gasteiger partial charge in [0.2, 0.25) is 0 Å². The zero-order valence-electron chi connectivity index (χ0n) is 11.8. The Morgan fingerprint density at radius 2 is 2.10 bits per heavy atom. The number of hydrogen-bond acceptors (Lipinski definition) is 3. The van der Waals surface area contributed by atoms with E-state index in [1.54, 1.807) is 26.8 Å². The Labute approximate surface area is 126 Å². The molecule has 1 aromatic carbocycles. The zero-order valence-corrected chi connectivity index (χ0v) is 13.4. The van der Waals surface area contributed by atoms with Gasteiger partial charge in [0.05, 0.1) is 11.1 Å². The first-order valence-corrected chi connectivity index (χ1v) is 7.12. The second-order valence-corrected chi connectivity index (χ2v) is 6.06. The summed E-state index contributed by atoms with van der Waals surface area (Å²) in [4.78, 5) is 11.4. The fourth-order valence-corrected chi connectivity index (χ4v) is 1.71. The summed E-state index contributed by atoms with van der Waals surface area (Å²) >= 11 is 3.27. The summed E-state index contributed by atoms with van der Waals surface area (Å²) in [7, 11) is 0. The van der Waals surface area contributed by atoms with Crippen molar-refractivity contribution >= 4 is 22.0 Å². The molecule has 0 unspecified atom stereocenters. The normalized spacial score (nSPS) is 11.1. The highest BCUT2D eigenvalue weighted by Crippen LogP contribution is 2.25. The zero-order chi connectivity index (χ0) is 15.2. The van der Waals surface area contributed by atoms with Crippen molar-refractivity contribution in [3.63, 3.8) is 0 Å². The summed E-state index contributed by atoms with van der Waals surface area (Å²) in [5.41, 5.74) is -0.507. The molecule has 0 aliphatic heterocycles. The molecular formula is C14H19BrFNO3. The summed E-state index contributed by atoms with van der Waals surface area (Å²) < 4.78 is 24.2. The van der Waals surface area contributed by atoms with Crippen molar-refractivity contribution in [2.45, 2.75) is 32.8 Å². The molecule has 0 saturated heterocycles. The van der Waals surface area contributed by atoms with Gasteiger partial charge in [-0.05, 0) is 55.3 Å². The van der Waals surface area contributed by atoms with Crippen molar-refractivity contribution in [3.05, 3.63) is 28.5 Å². The SMILES string of the molecule is CC(C)(C)OC(=O)NCCCOc1cc(F)ccc1Br. The molecule has 0 bridgehead atoms. The van der Waals surface area contributed by atoms with Crippen LogP contribution in [0, 0.1) is 5.82 Å². The van der Waals surface area contributed by atoms with E-state index in [1.807, 2.05) is 0 Å². The third kappa shape index (κ3) is 6.75. The number of carbonyl (C=O) groups excluding carboxylic acids is 1. The Bertz CT molecular complexity index is 460. The van der Waals surface area contributed by atoms with Gasteiger partial charge in [-0.2, -0.15) is 0 Å². The molecule has 1 rings (SSSR count). The minimum Gasteiger partial charge on any atom is -0.492 e. The predicted molar refractivity (Wildman–Crippen MR) is 78.4 cm³/mol. The van der Waals surface area contributed by atoms with Crippen molar-refractivity contribution in [3.8, 4) is 5.75 Å².